The number of anilines is 1. The van der Waals surface area contributed by atoms with Crippen LogP contribution in [0.15, 0.2) is 55.1 Å². The maximum Gasteiger partial charge on any atom is 0.265 e. The van der Waals surface area contributed by atoms with Crippen molar-refractivity contribution in [3.63, 3.8) is 0 Å². The molecule has 2 aromatic carbocycles. The quantitative estimate of drug-likeness (QED) is 0.681. The van der Waals surface area contributed by atoms with Crippen LogP contribution < -0.4 is 20.3 Å². The van der Waals surface area contributed by atoms with Crippen LogP contribution in [0.4, 0.5) is 5.69 Å². The molecule has 0 aliphatic rings. The topological polar surface area (TPSA) is 79.8 Å². The molecule has 0 saturated heterocycles. The fourth-order valence-electron chi connectivity index (χ4n) is 1.98. The van der Waals surface area contributed by atoms with E-state index in [-0.39, 0.29) is 5.91 Å². The molecule has 0 aromatic heterocycles. The van der Waals surface area contributed by atoms with Gasteiger partial charge in [0, 0.05) is 5.69 Å². The molecule has 0 saturated carbocycles. The van der Waals surface area contributed by atoms with E-state index in [9.17, 15) is 4.79 Å². The third kappa shape index (κ3) is 4.50. The largest absolute Gasteiger partial charge is 0.497 e. The Balaban J connectivity index is 1.94. The number of nitrogens with one attached hydrogen (secondary N) is 2. The van der Waals surface area contributed by atoms with Gasteiger partial charge < -0.3 is 14.8 Å². The number of rotatable bonds is 7. The second kappa shape index (κ2) is 8.03. The van der Waals surface area contributed by atoms with Gasteiger partial charge in [0.25, 0.3) is 5.91 Å². The van der Waals surface area contributed by atoms with Crippen LogP contribution in [-0.4, -0.2) is 24.3 Å². The Labute approximate surface area is 140 Å². The molecule has 1 amide bonds. The molecule has 0 radical (unpaired) electrons. The summed E-state index contributed by atoms with van der Waals surface area (Å²) in [5.41, 5.74) is 3.75. The molecular weight excluding hydrogens is 308 g/mol. The van der Waals surface area contributed by atoms with Crippen LogP contribution in [-0.2, 0) is 4.79 Å². The maximum atomic E-state index is 12.2. The van der Waals surface area contributed by atoms with Crippen molar-refractivity contribution in [1.82, 2.24) is 5.48 Å². The predicted molar refractivity (Wildman–Crippen MR) is 92.1 cm³/mol. The van der Waals surface area contributed by atoms with Crippen molar-refractivity contribution in [2.75, 3.05) is 12.4 Å². The van der Waals surface area contributed by atoms with Gasteiger partial charge in [0.05, 0.1) is 12.8 Å². The van der Waals surface area contributed by atoms with E-state index >= 15 is 0 Å². The lowest BCUT2D eigenvalue weighted by Crippen LogP contribution is -2.30. The highest BCUT2D eigenvalue weighted by molar-refractivity contribution is 5.94. The monoisotopic (exact) mass is 328 g/mol. The molecule has 2 rings (SSSR count). The number of hydroxylamine groups is 1. The van der Waals surface area contributed by atoms with Gasteiger partial charge >= 0.3 is 0 Å². The molecule has 0 spiro atoms. The lowest BCUT2D eigenvalue weighted by molar-refractivity contribution is -0.122. The lowest BCUT2D eigenvalue weighted by Gasteiger charge is -2.15. The first kappa shape index (κ1) is 17.4. The molecule has 24 heavy (non-hydrogen) atoms. The Morgan fingerprint density at radius 2 is 1.67 bits per heavy atom. The third-order valence-electron chi connectivity index (χ3n) is 3.38. The van der Waals surface area contributed by atoms with E-state index < -0.39 is 6.10 Å². The smallest absolute Gasteiger partial charge is 0.265 e. The van der Waals surface area contributed by atoms with Crippen LogP contribution in [0.1, 0.15) is 12.5 Å². The van der Waals surface area contributed by atoms with Gasteiger partial charge in [-0.3, -0.25) is 15.5 Å². The molecule has 6 heteroatoms. The first-order valence-corrected chi connectivity index (χ1v) is 7.34. The summed E-state index contributed by atoms with van der Waals surface area (Å²) in [6, 6.07) is 13.9. The molecule has 0 heterocycles. The summed E-state index contributed by atoms with van der Waals surface area (Å²) in [4.78, 5) is 12.2. The molecule has 126 valence electrons. The van der Waals surface area contributed by atoms with Gasteiger partial charge in [-0.25, -0.2) is 0 Å². The van der Waals surface area contributed by atoms with Crippen molar-refractivity contribution < 1.29 is 19.5 Å². The van der Waals surface area contributed by atoms with Gasteiger partial charge in [-0.2, -0.15) is 0 Å². The standard InChI is InChI=1S/C18H20N2O4/c1-12(20-22)14-4-8-17(9-5-14)24-13(2)18(21)19-15-6-10-16(23-3)11-7-15/h4-11,13,20,22H,1H2,2-3H3,(H,19,21)/t13-/m1/s1. The summed E-state index contributed by atoms with van der Waals surface area (Å²) in [7, 11) is 1.58. The molecule has 3 N–H and O–H groups in total. The average molecular weight is 328 g/mol. The van der Waals surface area contributed by atoms with Crippen LogP contribution in [0.25, 0.3) is 5.70 Å². The summed E-state index contributed by atoms with van der Waals surface area (Å²) < 4.78 is 10.7. The average Bonchev–Trinajstić information content (AvgIpc) is 2.62. The zero-order valence-electron chi connectivity index (χ0n) is 13.6. The highest BCUT2D eigenvalue weighted by Gasteiger charge is 2.15. The molecule has 0 bridgehead atoms. The van der Waals surface area contributed by atoms with Crippen molar-refractivity contribution >= 4 is 17.3 Å². The molecule has 0 fully saturated rings. The SMILES string of the molecule is C=C(NO)c1ccc(O[C@H](C)C(=O)Nc2ccc(OC)cc2)cc1. The van der Waals surface area contributed by atoms with Crippen molar-refractivity contribution in [1.29, 1.82) is 0 Å². The number of hydrogen-bond donors (Lipinski definition) is 3. The highest BCUT2D eigenvalue weighted by atomic mass is 16.5. The van der Waals surface area contributed by atoms with Crippen LogP contribution in [0.3, 0.4) is 0 Å². The Morgan fingerprint density at radius 3 is 2.21 bits per heavy atom. The van der Waals surface area contributed by atoms with Gasteiger partial charge in [-0.05, 0) is 61.0 Å². The minimum atomic E-state index is -0.669. The number of ether oxygens (including phenoxy) is 2. The fraction of sp³-hybridized carbons (Fsp3) is 0.167. The van der Waals surface area contributed by atoms with E-state index in [1.54, 1.807) is 62.6 Å². The number of hydrogen-bond acceptors (Lipinski definition) is 5. The Hall–Kier alpha value is -2.99. The van der Waals surface area contributed by atoms with E-state index in [2.05, 4.69) is 11.9 Å². The Morgan fingerprint density at radius 1 is 1.08 bits per heavy atom. The van der Waals surface area contributed by atoms with Crippen LogP contribution in [0, 0.1) is 0 Å². The number of benzene rings is 2. The van der Waals surface area contributed by atoms with E-state index in [1.165, 1.54) is 0 Å². The fourth-order valence-corrected chi connectivity index (χ4v) is 1.98. The van der Waals surface area contributed by atoms with Gasteiger partial charge in [0.2, 0.25) is 0 Å². The van der Waals surface area contributed by atoms with Crippen LogP contribution in [0.5, 0.6) is 11.5 Å². The number of carbonyl (C=O) groups is 1. The molecule has 0 aliphatic carbocycles. The molecule has 0 aliphatic heterocycles. The normalized spacial score (nSPS) is 11.3. The first-order valence-electron chi connectivity index (χ1n) is 7.34. The second-order valence-corrected chi connectivity index (χ2v) is 5.09. The molecule has 1 atom stereocenters. The zero-order chi connectivity index (χ0) is 17.5. The van der Waals surface area contributed by atoms with Crippen molar-refractivity contribution in [2.24, 2.45) is 0 Å². The summed E-state index contributed by atoms with van der Waals surface area (Å²) in [5.74, 6) is 1.00. The van der Waals surface area contributed by atoms with Crippen molar-refractivity contribution in [3.8, 4) is 11.5 Å². The minimum Gasteiger partial charge on any atom is -0.497 e. The summed E-state index contributed by atoms with van der Waals surface area (Å²) >= 11 is 0. The number of carbonyl (C=O) groups excluding carboxylic acids is 1. The molecule has 6 nitrogen and oxygen atoms in total. The first-order chi connectivity index (χ1) is 11.5. The number of amides is 1. The molecule has 2 aromatic rings. The third-order valence-corrected chi connectivity index (χ3v) is 3.38. The minimum absolute atomic E-state index is 0.259. The van der Waals surface area contributed by atoms with Crippen LogP contribution in [0.2, 0.25) is 0 Å². The van der Waals surface area contributed by atoms with Gasteiger partial charge in [-0.15, -0.1) is 0 Å². The Kier molecular flexibility index (Phi) is 5.81. The van der Waals surface area contributed by atoms with Gasteiger partial charge in [0.1, 0.15) is 11.5 Å². The van der Waals surface area contributed by atoms with Gasteiger partial charge in [-0.1, -0.05) is 6.58 Å². The zero-order valence-corrected chi connectivity index (χ0v) is 13.6. The summed E-state index contributed by atoms with van der Waals surface area (Å²) in [5, 5.41) is 11.6. The second-order valence-electron chi connectivity index (χ2n) is 5.09. The lowest BCUT2D eigenvalue weighted by atomic mass is 10.2. The summed E-state index contributed by atoms with van der Waals surface area (Å²) in [6.45, 7) is 5.31. The van der Waals surface area contributed by atoms with Crippen molar-refractivity contribution in [3.05, 3.63) is 60.7 Å². The van der Waals surface area contributed by atoms with Gasteiger partial charge in [0.15, 0.2) is 6.10 Å². The van der Waals surface area contributed by atoms with Crippen LogP contribution >= 0.6 is 0 Å². The highest BCUT2D eigenvalue weighted by Crippen LogP contribution is 2.18. The molecular formula is C18H20N2O4. The van der Waals surface area contributed by atoms with E-state index in [0.717, 1.165) is 11.3 Å². The Bertz CT molecular complexity index is 696. The van der Waals surface area contributed by atoms with Crippen molar-refractivity contribution in [2.45, 2.75) is 13.0 Å². The van der Waals surface area contributed by atoms with E-state index in [4.69, 9.17) is 14.7 Å². The summed E-state index contributed by atoms with van der Waals surface area (Å²) in [6.07, 6.45) is -0.669. The van der Waals surface area contributed by atoms with E-state index in [0.29, 0.717) is 17.1 Å². The van der Waals surface area contributed by atoms with E-state index in [1.807, 2.05) is 5.48 Å². The molecule has 0 unspecified atom stereocenters. The maximum absolute atomic E-state index is 12.2. The predicted octanol–water partition coefficient (Wildman–Crippen LogP) is 3.05. The number of methoxy groups -OCH3 is 1.